The second-order valence-electron chi connectivity index (χ2n) is 9.30. The molecule has 0 atom stereocenters. The van der Waals surface area contributed by atoms with Gasteiger partial charge < -0.3 is 0 Å². The fraction of sp³-hybridized carbons (Fsp3) is 0.176. The van der Waals surface area contributed by atoms with Crippen LogP contribution in [0.25, 0.3) is 21.9 Å². The molecule has 0 spiro atoms. The first kappa shape index (κ1) is 23.1. The van der Waals surface area contributed by atoms with E-state index in [9.17, 15) is 4.39 Å². The highest BCUT2D eigenvalue weighted by Gasteiger charge is 2.14. The summed E-state index contributed by atoms with van der Waals surface area (Å²) < 4.78 is 14.3. The number of aryl methyl sites for hydroxylation is 4. The van der Waals surface area contributed by atoms with Crippen molar-refractivity contribution in [3.63, 3.8) is 0 Å². The zero-order valence-electron chi connectivity index (χ0n) is 20.1. The summed E-state index contributed by atoms with van der Waals surface area (Å²) in [5, 5.41) is 2.63. The van der Waals surface area contributed by atoms with Crippen LogP contribution in [-0.2, 0) is 25.7 Å². The minimum Gasteiger partial charge on any atom is -0.207 e. The minimum atomic E-state index is -0.184. The lowest BCUT2D eigenvalue weighted by Crippen LogP contribution is -1.99. The third kappa shape index (κ3) is 5.69. The summed E-state index contributed by atoms with van der Waals surface area (Å²) in [6, 6.07) is 39.5. The quantitative estimate of drug-likeness (QED) is 0.207. The molecule has 5 rings (SSSR count). The molecule has 0 bridgehead atoms. The SMILES string of the molecule is Fc1cccc(-c2cc(CCCc3ccccc3)c3ccccc3c2CCCc2ccccc2)c1. The van der Waals surface area contributed by atoms with E-state index in [1.54, 1.807) is 6.07 Å². The first-order valence-electron chi connectivity index (χ1n) is 12.7. The van der Waals surface area contributed by atoms with Crippen LogP contribution in [0.4, 0.5) is 4.39 Å². The summed E-state index contributed by atoms with van der Waals surface area (Å²) in [5.74, 6) is -0.184. The first-order valence-corrected chi connectivity index (χ1v) is 12.7. The first-order chi connectivity index (χ1) is 17.3. The maximum atomic E-state index is 14.3. The predicted molar refractivity (Wildman–Crippen MR) is 146 cm³/mol. The van der Waals surface area contributed by atoms with Crippen molar-refractivity contribution in [2.45, 2.75) is 38.5 Å². The highest BCUT2D eigenvalue weighted by atomic mass is 19.1. The van der Waals surface area contributed by atoms with Crippen molar-refractivity contribution in [1.82, 2.24) is 0 Å². The van der Waals surface area contributed by atoms with Gasteiger partial charge in [0.1, 0.15) is 5.82 Å². The molecular weight excluding hydrogens is 427 g/mol. The van der Waals surface area contributed by atoms with Gasteiger partial charge in [-0.15, -0.1) is 0 Å². The molecule has 174 valence electrons. The van der Waals surface area contributed by atoms with Gasteiger partial charge in [0.25, 0.3) is 0 Å². The lowest BCUT2D eigenvalue weighted by Gasteiger charge is -2.18. The van der Waals surface area contributed by atoms with Crippen LogP contribution in [0.2, 0.25) is 0 Å². The topological polar surface area (TPSA) is 0 Å². The van der Waals surface area contributed by atoms with Crippen molar-refractivity contribution in [3.05, 3.63) is 143 Å². The van der Waals surface area contributed by atoms with Gasteiger partial charge in [-0.05, 0) is 94.8 Å². The Balaban J connectivity index is 1.50. The van der Waals surface area contributed by atoms with Gasteiger partial charge in [-0.25, -0.2) is 4.39 Å². The number of fused-ring (bicyclic) bond motifs is 1. The lowest BCUT2D eigenvalue weighted by molar-refractivity contribution is 0.628. The van der Waals surface area contributed by atoms with E-state index in [1.807, 2.05) is 12.1 Å². The Labute approximate surface area is 208 Å². The molecule has 0 aromatic heterocycles. The van der Waals surface area contributed by atoms with Crippen LogP contribution in [0.15, 0.2) is 115 Å². The lowest BCUT2D eigenvalue weighted by atomic mass is 9.86. The van der Waals surface area contributed by atoms with Gasteiger partial charge in [-0.3, -0.25) is 0 Å². The van der Waals surface area contributed by atoms with Gasteiger partial charge in [-0.1, -0.05) is 103 Å². The van der Waals surface area contributed by atoms with E-state index in [1.165, 1.54) is 44.7 Å². The Kier molecular flexibility index (Phi) is 7.34. The van der Waals surface area contributed by atoms with Crippen molar-refractivity contribution in [2.75, 3.05) is 0 Å². The molecule has 0 unspecified atom stereocenters. The number of benzene rings is 5. The molecule has 0 aliphatic rings. The van der Waals surface area contributed by atoms with Crippen molar-refractivity contribution in [1.29, 1.82) is 0 Å². The van der Waals surface area contributed by atoms with Crippen LogP contribution in [0.1, 0.15) is 35.1 Å². The number of hydrogen-bond donors (Lipinski definition) is 0. The Morgan fingerprint density at radius 3 is 1.74 bits per heavy atom. The van der Waals surface area contributed by atoms with Crippen LogP contribution >= 0.6 is 0 Å². The van der Waals surface area contributed by atoms with E-state index >= 15 is 0 Å². The maximum Gasteiger partial charge on any atom is 0.123 e. The Hall–Kier alpha value is -3.71. The van der Waals surface area contributed by atoms with Gasteiger partial charge in [0.05, 0.1) is 0 Å². The Morgan fingerprint density at radius 1 is 0.486 bits per heavy atom. The predicted octanol–water partition coefficient (Wildman–Crippen LogP) is 9.00. The zero-order valence-corrected chi connectivity index (χ0v) is 20.1. The Bertz CT molecular complexity index is 1390. The smallest absolute Gasteiger partial charge is 0.123 e. The third-order valence-corrected chi connectivity index (χ3v) is 6.87. The molecule has 0 radical (unpaired) electrons. The molecule has 0 aliphatic carbocycles. The standard InChI is InChI=1S/C34H31F/c35-30-20-11-19-28(24-30)34-25-29(18-9-16-26-12-3-1-4-13-26)31-21-7-8-22-32(31)33(34)23-10-17-27-14-5-2-6-15-27/h1-8,11-15,19-22,24-25H,9-10,16-18,23H2. The van der Waals surface area contributed by atoms with Gasteiger partial charge in [0, 0.05) is 0 Å². The summed E-state index contributed by atoms with van der Waals surface area (Å²) in [5.41, 5.74) is 7.55. The average molecular weight is 459 g/mol. The van der Waals surface area contributed by atoms with E-state index in [-0.39, 0.29) is 5.82 Å². The minimum absolute atomic E-state index is 0.184. The molecule has 0 fully saturated rings. The molecule has 0 saturated heterocycles. The molecule has 35 heavy (non-hydrogen) atoms. The molecule has 5 aromatic carbocycles. The van der Waals surface area contributed by atoms with E-state index in [0.29, 0.717) is 0 Å². The second-order valence-corrected chi connectivity index (χ2v) is 9.30. The number of halogens is 1. The zero-order chi connectivity index (χ0) is 23.9. The van der Waals surface area contributed by atoms with Crippen molar-refractivity contribution >= 4 is 10.8 Å². The summed E-state index contributed by atoms with van der Waals surface area (Å²) in [6.45, 7) is 0. The summed E-state index contributed by atoms with van der Waals surface area (Å²) >= 11 is 0. The second kappa shape index (κ2) is 11.1. The van der Waals surface area contributed by atoms with Crippen LogP contribution in [0, 0.1) is 5.82 Å². The molecule has 0 nitrogen and oxygen atoms in total. The molecule has 0 aliphatic heterocycles. The van der Waals surface area contributed by atoms with E-state index in [2.05, 4.69) is 91.0 Å². The van der Waals surface area contributed by atoms with E-state index in [4.69, 9.17) is 0 Å². The summed E-state index contributed by atoms with van der Waals surface area (Å²) in [6.07, 6.45) is 6.21. The van der Waals surface area contributed by atoms with Crippen molar-refractivity contribution < 1.29 is 4.39 Å². The van der Waals surface area contributed by atoms with Crippen LogP contribution in [-0.4, -0.2) is 0 Å². The fourth-order valence-electron chi connectivity index (χ4n) is 5.14. The van der Waals surface area contributed by atoms with Gasteiger partial charge >= 0.3 is 0 Å². The summed E-state index contributed by atoms with van der Waals surface area (Å²) in [7, 11) is 0. The Morgan fingerprint density at radius 2 is 1.09 bits per heavy atom. The molecule has 5 aromatic rings. The average Bonchev–Trinajstić information content (AvgIpc) is 2.90. The van der Waals surface area contributed by atoms with Gasteiger partial charge in [0.2, 0.25) is 0 Å². The number of hydrogen-bond acceptors (Lipinski definition) is 0. The molecule has 1 heteroatoms. The highest BCUT2D eigenvalue weighted by molar-refractivity contribution is 5.94. The maximum absolute atomic E-state index is 14.3. The fourth-order valence-corrected chi connectivity index (χ4v) is 5.14. The molecule has 0 amide bonds. The van der Waals surface area contributed by atoms with Crippen molar-refractivity contribution in [3.8, 4) is 11.1 Å². The highest BCUT2D eigenvalue weighted by Crippen LogP contribution is 2.35. The van der Waals surface area contributed by atoms with Gasteiger partial charge in [0.15, 0.2) is 0 Å². The molecule has 0 saturated carbocycles. The molecular formula is C34H31F. The summed E-state index contributed by atoms with van der Waals surface area (Å²) in [4.78, 5) is 0. The normalized spacial score (nSPS) is 11.1. The monoisotopic (exact) mass is 458 g/mol. The molecule has 0 N–H and O–H groups in total. The van der Waals surface area contributed by atoms with Gasteiger partial charge in [-0.2, -0.15) is 0 Å². The molecule has 0 heterocycles. The van der Waals surface area contributed by atoms with Crippen LogP contribution in [0.3, 0.4) is 0 Å². The van der Waals surface area contributed by atoms with Crippen LogP contribution < -0.4 is 0 Å². The van der Waals surface area contributed by atoms with Crippen molar-refractivity contribution in [2.24, 2.45) is 0 Å². The van der Waals surface area contributed by atoms with E-state index in [0.717, 1.165) is 44.1 Å². The third-order valence-electron chi connectivity index (χ3n) is 6.87. The van der Waals surface area contributed by atoms with E-state index < -0.39 is 0 Å². The number of rotatable bonds is 9. The largest absolute Gasteiger partial charge is 0.207 e. The van der Waals surface area contributed by atoms with Crippen LogP contribution in [0.5, 0.6) is 0 Å².